The van der Waals surface area contributed by atoms with Crippen LogP contribution in [0.15, 0.2) is 12.1 Å². The monoisotopic (exact) mass is 396 g/mol. The molecule has 1 amide bonds. The molecule has 0 bridgehead atoms. The van der Waals surface area contributed by atoms with Crippen LogP contribution in [0.4, 0.5) is 13.6 Å². The minimum atomic E-state index is -3.41. The minimum absolute atomic E-state index is 0.143. The van der Waals surface area contributed by atoms with Crippen molar-refractivity contribution in [3.8, 4) is 0 Å². The average molecular weight is 397 g/mol. The molecule has 1 aromatic heterocycles. The maximum atomic E-state index is 14.9. The van der Waals surface area contributed by atoms with Crippen LogP contribution in [-0.4, -0.2) is 46.9 Å². The average Bonchev–Trinajstić information content (AvgIpc) is 2.43. The number of hydrogen-bond donors (Lipinski definition) is 0. The molecule has 1 aromatic rings. The number of pyridine rings is 1. The number of carbonyl (C=O) groups is 1. The fourth-order valence-corrected chi connectivity index (χ4v) is 2.93. The van der Waals surface area contributed by atoms with E-state index >= 15 is 0 Å². The van der Waals surface area contributed by atoms with E-state index < -0.39 is 35.4 Å². The Bertz CT molecular complexity index is 633. The van der Waals surface area contributed by atoms with Crippen molar-refractivity contribution in [3.05, 3.63) is 28.0 Å². The number of amides is 1. The van der Waals surface area contributed by atoms with E-state index in [2.05, 4.69) is 4.98 Å². The van der Waals surface area contributed by atoms with Gasteiger partial charge < -0.3 is 14.4 Å². The van der Waals surface area contributed by atoms with Gasteiger partial charge in [-0.05, 0) is 39.8 Å². The lowest BCUT2D eigenvalue weighted by Gasteiger charge is -2.40. The first-order valence-electron chi connectivity index (χ1n) is 7.73. The molecule has 0 aliphatic carbocycles. The van der Waals surface area contributed by atoms with Gasteiger partial charge in [-0.3, -0.25) is 0 Å². The summed E-state index contributed by atoms with van der Waals surface area (Å²) in [4.78, 5) is 17.1. The van der Waals surface area contributed by atoms with Crippen LogP contribution in [0.25, 0.3) is 0 Å². The van der Waals surface area contributed by atoms with E-state index in [1.165, 1.54) is 4.90 Å². The number of rotatable bonds is 2. The normalized spacial score (nSPS) is 22.0. The van der Waals surface area contributed by atoms with Crippen molar-refractivity contribution >= 4 is 29.3 Å². The number of halogens is 4. The van der Waals surface area contributed by atoms with Gasteiger partial charge in [0.15, 0.2) is 0 Å². The molecule has 25 heavy (non-hydrogen) atoms. The molecule has 140 valence electrons. The van der Waals surface area contributed by atoms with Gasteiger partial charge in [-0.1, -0.05) is 23.2 Å². The summed E-state index contributed by atoms with van der Waals surface area (Å²) in [5.74, 6) is -3.41. The first-order valence-corrected chi connectivity index (χ1v) is 8.49. The molecule has 1 aliphatic heterocycles. The molecule has 2 atom stereocenters. The van der Waals surface area contributed by atoms with Gasteiger partial charge in [0, 0.05) is 5.56 Å². The highest BCUT2D eigenvalue weighted by Gasteiger charge is 2.47. The van der Waals surface area contributed by atoms with Crippen molar-refractivity contribution in [3.63, 3.8) is 0 Å². The summed E-state index contributed by atoms with van der Waals surface area (Å²) in [6.45, 7) is 6.60. The molecule has 1 aliphatic rings. The van der Waals surface area contributed by atoms with Crippen LogP contribution < -0.4 is 0 Å². The van der Waals surface area contributed by atoms with E-state index in [1.54, 1.807) is 27.7 Å². The van der Waals surface area contributed by atoms with Crippen LogP contribution in [0.3, 0.4) is 0 Å². The molecule has 0 radical (unpaired) electrons. The lowest BCUT2D eigenvalue weighted by Crippen LogP contribution is -2.55. The number of carbonyl (C=O) groups excluding carboxylic acids is 1. The minimum Gasteiger partial charge on any atom is -0.444 e. The van der Waals surface area contributed by atoms with Crippen molar-refractivity contribution in [2.45, 2.75) is 51.4 Å². The molecule has 0 unspecified atom stereocenters. The summed E-state index contributed by atoms with van der Waals surface area (Å²) in [6.07, 6.45) is -2.79. The summed E-state index contributed by atoms with van der Waals surface area (Å²) < 4.78 is 40.5. The Morgan fingerprint density at radius 2 is 1.84 bits per heavy atom. The van der Waals surface area contributed by atoms with Crippen LogP contribution in [0.1, 0.15) is 33.3 Å². The highest BCUT2D eigenvalue weighted by atomic mass is 35.5. The molecule has 0 saturated carbocycles. The number of ether oxygens (including phenoxy) is 2. The molecule has 0 N–H and O–H groups in total. The van der Waals surface area contributed by atoms with Crippen LogP contribution in [0, 0.1) is 0 Å². The third-order valence-electron chi connectivity index (χ3n) is 3.46. The molecule has 2 rings (SSSR count). The highest BCUT2D eigenvalue weighted by Crippen LogP contribution is 2.38. The van der Waals surface area contributed by atoms with E-state index in [-0.39, 0.29) is 23.4 Å². The van der Waals surface area contributed by atoms with Gasteiger partial charge in [0.05, 0.1) is 19.2 Å². The Morgan fingerprint density at radius 3 is 2.36 bits per heavy atom. The van der Waals surface area contributed by atoms with Crippen molar-refractivity contribution in [2.24, 2.45) is 0 Å². The van der Waals surface area contributed by atoms with Crippen LogP contribution in [-0.2, 0) is 15.4 Å². The van der Waals surface area contributed by atoms with Gasteiger partial charge in [0.1, 0.15) is 22.0 Å². The lowest BCUT2D eigenvalue weighted by atomic mass is 10.0. The summed E-state index contributed by atoms with van der Waals surface area (Å²) in [6, 6.07) is 2.07. The Balaban J connectivity index is 2.23. The standard InChI is InChI=1S/C16H20Cl2F2N2O3/c1-9-7-22(14(23)25-15(2,3)4)8-11(24-9)16(19,20)10-5-12(17)21-13(18)6-10/h5-6,9,11H,7-8H2,1-4H3/t9-,11-/m1/s1. The van der Waals surface area contributed by atoms with Crippen LogP contribution in [0.5, 0.6) is 0 Å². The molecular weight excluding hydrogens is 377 g/mol. The van der Waals surface area contributed by atoms with Gasteiger partial charge >= 0.3 is 12.0 Å². The molecule has 2 heterocycles. The first-order chi connectivity index (χ1) is 11.4. The SMILES string of the molecule is C[C@@H]1CN(C(=O)OC(C)(C)C)C[C@H](C(F)(F)c2cc(Cl)nc(Cl)c2)O1. The smallest absolute Gasteiger partial charge is 0.410 e. The number of hydrogen-bond acceptors (Lipinski definition) is 4. The topological polar surface area (TPSA) is 51.7 Å². The quantitative estimate of drug-likeness (QED) is 0.690. The fourth-order valence-electron chi connectivity index (χ4n) is 2.47. The molecular formula is C16H20Cl2F2N2O3. The number of aromatic nitrogens is 1. The van der Waals surface area contributed by atoms with E-state index in [4.69, 9.17) is 32.7 Å². The van der Waals surface area contributed by atoms with Crippen molar-refractivity contribution in [2.75, 3.05) is 13.1 Å². The Labute approximate surface area is 155 Å². The van der Waals surface area contributed by atoms with Gasteiger partial charge in [0.25, 0.3) is 0 Å². The molecule has 5 nitrogen and oxygen atoms in total. The van der Waals surface area contributed by atoms with Gasteiger partial charge in [0.2, 0.25) is 0 Å². The second-order valence-electron chi connectivity index (χ2n) is 6.94. The lowest BCUT2D eigenvalue weighted by molar-refractivity contribution is -0.191. The Hall–Kier alpha value is -1.18. The second-order valence-corrected chi connectivity index (χ2v) is 7.72. The van der Waals surface area contributed by atoms with Crippen molar-refractivity contribution in [1.29, 1.82) is 0 Å². The van der Waals surface area contributed by atoms with Gasteiger partial charge in [-0.15, -0.1) is 0 Å². The van der Waals surface area contributed by atoms with E-state index in [9.17, 15) is 13.6 Å². The largest absolute Gasteiger partial charge is 0.444 e. The number of morpholine rings is 1. The Kier molecular flexibility index (Phi) is 5.81. The third-order valence-corrected chi connectivity index (χ3v) is 3.85. The molecule has 0 spiro atoms. The molecule has 1 saturated heterocycles. The van der Waals surface area contributed by atoms with Gasteiger partial charge in [-0.25, -0.2) is 9.78 Å². The predicted octanol–water partition coefficient (Wildman–Crippen LogP) is 4.50. The predicted molar refractivity (Wildman–Crippen MR) is 90.3 cm³/mol. The Morgan fingerprint density at radius 1 is 1.28 bits per heavy atom. The zero-order valence-electron chi connectivity index (χ0n) is 14.4. The van der Waals surface area contributed by atoms with Crippen LogP contribution in [0.2, 0.25) is 10.3 Å². The zero-order valence-corrected chi connectivity index (χ0v) is 15.9. The zero-order chi connectivity index (χ0) is 19.0. The third kappa shape index (κ3) is 5.15. The number of nitrogens with zero attached hydrogens (tertiary/aromatic N) is 2. The fraction of sp³-hybridized carbons (Fsp3) is 0.625. The van der Waals surface area contributed by atoms with E-state index in [0.29, 0.717) is 0 Å². The first kappa shape index (κ1) is 20.1. The molecule has 1 fully saturated rings. The van der Waals surface area contributed by atoms with Crippen molar-refractivity contribution in [1.82, 2.24) is 9.88 Å². The molecule has 9 heteroatoms. The summed E-state index contributed by atoms with van der Waals surface area (Å²) >= 11 is 11.4. The summed E-state index contributed by atoms with van der Waals surface area (Å²) in [5, 5.41) is -0.287. The second kappa shape index (κ2) is 7.21. The van der Waals surface area contributed by atoms with E-state index in [1.807, 2.05) is 0 Å². The van der Waals surface area contributed by atoms with Crippen LogP contribution >= 0.6 is 23.2 Å². The maximum absolute atomic E-state index is 14.9. The summed E-state index contributed by atoms with van der Waals surface area (Å²) in [7, 11) is 0. The van der Waals surface area contributed by atoms with Crippen molar-refractivity contribution < 1.29 is 23.0 Å². The van der Waals surface area contributed by atoms with E-state index in [0.717, 1.165) is 12.1 Å². The maximum Gasteiger partial charge on any atom is 0.410 e. The molecule has 0 aromatic carbocycles. The highest BCUT2D eigenvalue weighted by molar-refractivity contribution is 6.32. The summed E-state index contributed by atoms with van der Waals surface area (Å²) in [5.41, 5.74) is -1.14. The number of alkyl halides is 2. The van der Waals surface area contributed by atoms with Gasteiger partial charge in [-0.2, -0.15) is 8.78 Å².